The van der Waals surface area contributed by atoms with Crippen LogP contribution in [0.4, 0.5) is 0 Å². The summed E-state index contributed by atoms with van der Waals surface area (Å²) in [5.41, 5.74) is 0. The first kappa shape index (κ1) is 34.7. The van der Waals surface area contributed by atoms with E-state index in [4.69, 9.17) is 0 Å². The molecule has 0 atom stereocenters. The Bertz CT molecular complexity index is 3.25. The van der Waals surface area contributed by atoms with Crippen LogP contribution in [0.5, 0.6) is 0 Å². The molecule has 6 radical (unpaired) electrons. The largest absolute Gasteiger partial charge is 0 e. The fourth-order valence-corrected chi connectivity index (χ4v) is 0. The maximum absolute atomic E-state index is 0. The van der Waals surface area contributed by atoms with E-state index in [2.05, 4.69) is 0 Å². The zero-order chi connectivity index (χ0) is 0. The van der Waals surface area contributed by atoms with Crippen LogP contribution >= 0.6 is 0 Å². The van der Waals surface area contributed by atoms with Crippen LogP contribution in [0.3, 0.4) is 0 Å². The van der Waals surface area contributed by atoms with Crippen molar-refractivity contribution >= 4 is 19.8 Å². The summed E-state index contributed by atoms with van der Waals surface area (Å²) in [6, 6.07) is 0. The van der Waals surface area contributed by atoms with Gasteiger partial charge in [-0.1, -0.05) is 0 Å². The fraction of sp³-hybridized carbons (Fsp3) is 0. The summed E-state index contributed by atoms with van der Waals surface area (Å²) in [4.78, 5) is 0. The molecule has 0 aliphatic rings. The summed E-state index contributed by atoms with van der Waals surface area (Å²) in [6.07, 6.45) is 0. The molecule has 0 saturated carbocycles. The van der Waals surface area contributed by atoms with E-state index < -0.39 is 0 Å². The molecule has 36 valence electrons. The van der Waals surface area contributed by atoms with Gasteiger partial charge < -0.3 is 0 Å². The Morgan fingerprint density at radius 2 is 0.500 bits per heavy atom. The van der Waals surface area contributed by atoms with E-state index in [1.54, 1.807) is 0 Å². The molecular formula is Cu3Ga. The smallest absolute Gasteiger partial charge is 0 e. The third kappa shape index (κ3) is 8.89. The van der Waals surface area contributed by atoms with Gasteiger partial charge in [0.15, 0.2) is 0 Å². The third-order valence-corrected chi connectivity index (χ3v) is 0. The molecule has 4 heteroatoms. The molecule has 0 aromatic heterocycles. The second kappa shape index (κ2) is 19.0. The Morgan fingerprint density at radius 3 is 0.500 bits per heavy atom. The van der Waals surface area contributed by atoms with Gasteiger partial charge in [0.05, 0.1) is 0 Å². The molecule has 0 nitrogen and oxygen atoms in total. The second-order valence-corrected chi connectivity index (χ2v) is 0. The van der Waals surface area contributed by atoms with Crippen molar-refractivity contribution in [3.63, 3.8) is 0 Å². The Morgan fingerprint density at radius 1 is 0.500 bits per heavy atom. The Kier molecular flexibility index (Phi) is 165. The Labute approximate surface area is 70.3 Å². The van der Waals surface area contributed by atoms with Crippen LogP contribution in [0, 0.1) is 0 Å². The second-order valence-electron chi connectivity index (χ2n) is 0. The van der Waals surface area contributed by atoms with Gasteiger partial charge in [0.1, 0.15) is 0 Å². The molecular weight excluding hydrogens is 260 g/mol. The van der Waals surface area contributed by atoms with Crippen molar-refractivity contribution in [1.82, 2.24) is 0 Å². The summed E-state index contributed by atoms with van der Waals surface area (Å²) >= 11 is 0. The fourth-order valence-electron chi connectivity index (χ4n) is 0. The topological polar surface area (TPSA) is 0 Å². The predicted molar refractivity (Wildman–Crippen MR) is 5.75 cm³/mol. The SMILES string of the molecule is [Cu].[Cu].[Cu].[Ga]. The van der Waals surface area contributed by atoms with E-state index in [0.717, 1.165) is 0 Å². The molecule has 0 amide bonds. The number of hydrogen-bond acceptors (Lipinski definition) is 0. The quantitative estimate of drug-likeness (QED) is 0.521. The van der Waals surface area contributed by atoms with Gasteiger partial charge in [-0.15, -0.1) is 0 Å². The zero-order valence-corrected chi connectivity index (χ0v) is 6.73. The Hall–Kier alpha value is 2.19. The molecule has 0 aromatic carbocycles. The van der Waals surface area contributed by atoms with Crippen molar-refractivity contribution in [3.8, 4) is 0 Å². The summed E-state index contributed by atoms with van der Waals surface area (Å²) in [7, 11) is 0. The number of hydrogen-bond donors (Lipinski definition) is 0. The summed E-state index contributed by atoms with van der Waals surface area (Å²) in [5, 5.41) is 0. The van der Waals surface area contributed by atoms with Gasteiger partial charge in [0.25, 0.3) is 0 Å². The summed E-state index contributed by atoms with van der Waals surface area (Å²) < 4.78 is 0. The normalized spacial score (nSPS) is 0. The molecule has 0 heterocycles. The minimum absolute atomic E-state index is 0. The van der Waals surface area contributed by atoms with Gasteiger partial charge in [-0.3, -0.25) is 0 Å². The monoisotopic (exact) mass is 258 g/mol. The average Bonchev–Trinajstić information content (AvgIpc) is 0. The van der Waals surface area contributed by atoms with Crippen LogP contribution < -0.4 is 0 Å². The Balaban J connectivity index is 0. The van der Waals surface area contributed by atoms with Gasteiger partial charge in [-0.2, -0.15) is 0 Å². The zero-order valence-electron chi connectivity index (χ0n) is 1.48. The molecule has 0 aromatic rings. The van der Waals surface area contributed by atoms with Crippen molar-refractivity contribution in [2.24, 2.45) is 0 Å². The maximum atomic E-state index is 0. The van der Waals surface area contributed by atoms with Gasteiger partial charge in [-0.05, 0) is 0 Å². The van der Waals surface area contributed by atoms with Crippen molar-refractivity contribution in [2.45, 2.75) is 0 Å². The van der Waals surface area contributed by atoms with Crippen molar-refractivity contribution < 1.29 is 51.2 Å². The van der Waals surface area contributed by atoms with Crippen LogP contribution in [0.2, 0.25) is 0 Å². The number of rotatable bonds is 0. The van der Waals surface area contributed by atoms with Crippen molar-refractivity contribution in [1.29, 1.82) is 0 Å². The van der Waals surface area contributed by atoms with E-state index in [1.807, 2.05) is 0 Å². The van der Waals surface area contributed by atoms with Gasteiger partial charge in [0.2, 0.25) is 0 Å². The molecule has 0 saturated heterocycles. The molecule has 0 bridgehead atoms. The first-order valence-corrected chi connectivity index (χ1v) is 0. The molecule has 0 spiro atoms. The summed E-state index contributed by atoms with van der Waals surface area (Å²) in [5.74, 6) is 0. The first-order valence-electron chi connectivity index (χ1n) is 0. The van der Waals surface area contributed by atoms with Crippen LogP contribution in [0.1, 0.15) is 0 Å². The van der Waals surface area contributed by atoms with E-state index >= 15 is 0 Å². The average molecular weight is 260 g/mol. The minimum atomic E-state index is 0. The van der Waals surface area contributed by atoms with E-state index in [9.17, 15) is 0 Å². The molecule has 4 heavy (non-hydrogen) atoms. The van der Waals surface area contributed by atoms with Crippen molar-refractivity contribution in [3.05, 3.63) is 0 Å². The minimum Gasteiger partial charge on any atom is 0 e. The van der Waals surface area contributed by atoms with Gasteiger partial charge in [-0.25, -0.2) is 0 Å². The molecule has 0 unspecified atom stereocenters. The summed E-state index contributed by atoms with van der Waals surface area (Å²) in [6.45, 7) is 0. The van der Waals surface area contributed by atoms with Crippen LogP contribution in [-0.4, -0.2) is 19.8 Å². The van der Waals surface area contributed by atoms with E-state index in [1.165, 1.54) is 0 Å². The maximum Gasteiger partial charge on any atom is 0 e. The standard InChI is InChI=1S/3Cu.Ga. The molecule has 0 rings (SSSR count). The molecule has 0 N–H and O–H groups in total. The molecule has 0 aliphatic heterocycles. The third-order valence-electron chi connectivity index (χ3n) is 0. The molecule has 0 fully saturated rings. The van der Waals surface area contributed by atoms with Crippen LogP contribution in [0.25, 0.3) is 0 Å². The van der Waals surface area contributed by atoms with Crippen LogP contribution in [0.15, 0.2) is 0 Å². The van der Waals surface area contributed by atoms with Crippen molar-refractivity contribution in [2.75, 3.05) is 0 Å². The van der Waals surface area contributed by atoms with Gasteiger partial charge >= 0.3 is 0 Å². The predicted octanol–water partition coefficient (Wildman–Crippen LogP) is -0.388. The van der Waals surface area contributed by atoms with Gasteiger partial charge in [0, 0.05) is 71.0 Å². The van der Waals surface area contributed by atoms with E-state index in [-0.39, 0.29) is 71.0 Å². The van der Waals surface area contributed by atoms with Crippen LogP contribution in [-0.2, 0) is 51.2 Å². The molecule has 0 aliphatic carbocycles. The van der Waals surface area contributed by atoms with E-state index in [0.29, 0.717) is 0 Å². The first-order chi connectivity index (χ1) is 0.